The second-order valence-electron chi connectivity index (χ2n) is 3.95. The van der Waals surface area contributed by atoms with E-state index < -0.39 is 20.0 Å². The zero-order valence-electron chi connectivity index (χ0n) is 9.90. The summed E-state index contributed by atoms with van der Waals surface area (Å²) in [5.74, 6) is 0.919. The third kappa shape index (κ3) is 3.84. The van der Waals surface area contributed by atoms with E-state index in [1.807, 2.05) is 0 Å². The summed E-state index contributed by atoms with van der Waals surface area (Å²) >= 11 is 20.7. The zero-order chi connectivity index (χ0) is 15.1. The smallest absolute Gasteiger partial charge is 0.265 e. The quantitative estimate of drug-likeness (QED) is 0.546. The monoisotopic (exact) mass is 424 g/mol. The van der Waals surface area contributed by atoms with E-state index >= 15 is 0 Å². The number of fused-ring (bicyclic) bond motifs is 1. The summed E-state index contributed by atoms with van der Waals surface area (Å²) in [6.07, 6.45) is -0.455. The lowest BCUT2D eigenvalue weighted by atomic mass is 10.1. The fraction of sp³-hybridized carbons (Fsp3) is 0.400. The molecular weight excluding hydrogens is 418 g/mol. The van der Waals surface area contributed by atoms with Crippen molar-refractivity contribution in [1.29, 1.82) is 0 Å². The maximum Gasteiger partial charge on any atom is 0.265 e. The van der Waals surface area contributed by atoms with Gasteiger partial charge in [0, 0.05) is 10.0 Å². The molecule has 2 rings (SSSR count). The number of benzene rings is 1. The summed E-state index contributed by atoms with van der Waals surface area (Å²) in [6, 6.07) is 3.09. The van der Waals surface area contributed by atoms with Crippen LogP contribution in [-0.2, 0) is 14.3 Å². The van der Waals surface area contributed by atoms with Gasteiger partial charge in [-0.3, -0.25) is 4.18 Å². The summed E-state index contributed by atoms with van der Waals surface area (Å²) in [6.45, 7) is 0.0661. The van der Waals surface area contributed by atoms with Crippen molar-refractivity contribution in [1.82, 2.24) is 0 Å². The van der Waals surface area contributed by atoms with Crippen molar-refractivity contribution < 1.29 is 22.1 Å². The van der Waals surface area contributed by atoms with Crippen molar-refractivity contribution in [2.45, 2.75) is 9.90 Å². The van der Waals surface area contributed by atoms with Gasteiger partial charge in [0.15, 0.2) is 17.6 Å². The van der Waals surface area contributed by atoms with Crippen molar-refractivity contribution in [2.24, 2.45) is 0 Å². The number of ether oxygens (including phenoxy) is 2. The van der Waals surface area contributed by atoms with Crippen LogP contribution in [0.1, 0.15) is 11.7 Å². The van der Waals surface area contributed by atoms with Gasteiger partial charge in [0.05, 0.1) is 6.26 Å². The molecule has 1 unspecified atom stereocenters. The molecule has 0 radical (unpaired) electrons. The Balaban J connectivity index is 2.49. The molecule has 1 aromatic carbocycles. The summed E-state index contributed by atoms with van der Waals surface area (Å²) in [7, 11) is -3.83. The van der Waals surface area contributed by atoms with Crippen molar-refractivity contribution in [2.75, 3.05) is 13.0 Å². The molecule has 0 aromatic heterocycles. The Morgan fingerprint density at radius 3 is 2.35 bits per heavy atom. The third-order valence-corrected chi connectivity index (χ3v) is 4.17. The minimum atomic E-state index is -3.83. The minimum Gasteiger partial charge on any atom is -0.454 e. The van der Waals surface area contributed by atoms with Crippen LogP contribution in [-0.4, -0.2) is 25.3 Å². The van der Waals surface area contributed by atoms with Gasteiger partial charge in [-0.1, -0.05) is 50.7 Å². The summed E-state index contributed by atoms with van der Waals surface area (Å²) in [4.78, 5) is 0. The minimum absolute atomic E-state index is 0.0661. The highest BCUT2D eigenvalue weighted by atomic mass is 79.9. The van der Waals surface area contributed by atoms with Crippen LogP contribution < -0.4 is 9.47 Å². The fourth-order valence-corrected chi connectivity index (χ4v) is 3.36. The Kier molecular flexibility index (Phi) is 4.69. The van der Waals surface area contributed by atoms with Gasteiger partial charge in [-0.2, -0.15) is 8.42 Å². The van der Waals surface area contributed by atoms with E-state index in [1.54, 1.807) is 6.07 Å². The van der Waals surface area contributed by atoms with Crippen molar-refractivity contribution in [3.05, 3.63) is 22.2 Å². The van der Waals surface area contributed by atoms with Crippen molar-refractivity contribution in [3.8, 4) is 11.5 Å². The number of hydrogen-bond donors (Lipinski definition) is 0. The van der Waals surface area contributed by atoms with Gasteiger partial charge in [-0.15, -0.1) is 0 Å². The second kappa shape index (κ2) is 5.70. The Morgan fingerprint density at radius 2 is 1.85 bits per heavy atom. The van der Waals surface area contributed by atoms with Crippen LogP contribution in [0.25, 0.3) is 0 Å². The standard InChI is InChI=1S/C10H8BrCl3O5S/c1-20(15,16)19-9(10(12,13)14)5-2-7-8(3-6(5)11)18-4-17-7/h2-3,9H,4H2,1H3. The highest BCUT2D eigenvalue weighted by Gasteiger charge is 2.39. The van der Waals surface area contributed by atoms with Crippen LogP contribution in [0.3, 0.4) is 0 Å². The molecule has 5 nitrogen and oxygen atoms in total. The van der Waals surface area contributed by atoms with E-state index in [1.165, 1.54) is 6.07 Å². The van der Waals surface area contributed by atoms with E-state index in [0.717, 1.165) is 6.26 Å². The Bertz CT molecular complexity index is 629. The maximum absolute atomic E-state index is 11.3. The average molecular weight is 426 g/mol. The highest BCUT2D eigenvalue weighted by molar-refractivity contribution is 9.10. The van der Waals surface area contributed by atoms with Gasteiger partial charge in [0.25, 0.3) is 10.1 Å². The molecule has 20 heavy (non-hydrogen) atoms. The third-order valence-electron chi connectivity index (χ3n) is 2.34. The van der Waals surface area contributed by atoms with E-state index in [0.29, 0.717) is 21.5 Å². The Hall–Kier alpha value is 0.0800. The molecule has 0 spiro atoms. The van der Waals surface area contributed by atoms with Gasteiger partial charge >= 0.3 is 0 Å². The van der Waals surface area contributed by atoms with Crippen molar-refractivity contribution in [3.63, 3.8) is 0 Å². The average Bonchev–Trinajstić information content (AvgIpc) is 2.69. The van der Waals surface area contributed by atoms with Gasteiger partial charge in [0.1, 0.15) is 0 Å². The summed E-state index contributed by atoms with van der Waals surface area (Å²) in [5.41, 5.74) is 0.319. The molecule has 112 valence electrons. The number of alkyl halides is 3. The predicted octanol–water partition coefficient (Wildman–Crippen LogP) is 3.57. The van der Waals surface area contributed by atoms with E-state index in [-0.39, 0.29) is 6.79 Å². The Morgan fingerprint density at radius 1 is 1.30 bits per heavy atom. The lowest BCUT2D eigenvalue weighted by molar-refractivity contribution is 0.173. The SMILES string of the molecule is CS(=O)(=O)OC(c1cc2c(cc1Br)OCO2)C(Cl)(Cl)Cl. The number of hydrogen-bond acceptors (Lipinski definition) is 5. The molecule has 1 atom stereocenters. The first kappa shape index (κ1) is 16.5. The topological polar surface area (TPSA) is 61.8 Å². The van der Waals surface area contributed by atoms with Gasteiger partial charge in [0.2, 0.25) is 10.6 Å². The molecule has 10 heteroatoms. The number of rotatable bonds is 3. The summed E-state index contributed by atoms with van der Waals surface area (Å²) < 4.78 is 36.4. The lowest BCUT2D eigenvalue weighted by Gasteiger charge is -2.24. The Labute approximate surface area is 139 Å². The van der Waals surface area contributed by atoms with Gasteiger partial charge in [-0.05, 0) is 12.1 Å². The molecule has 0 amide bonds. The van der Waals surface area contributed by atoms with Crippen LogP contribution in [0, 0.1) is 0 Å². The maximum atomic E-state index is 11.3. The fourth-order valence-electron chi connectivity index (χ4n) is 1.59. The van der Waals surface area contributed by atoms with Crippen LogP contribution in [0.4, 0.5) is 0 Å². The largest absolute Gasteiger partial charge is 0.454 e. The first-order valence-corrected chi connectivity index (χ1v) is 8.86. The van der Waals surface area contributed by atoms with Crippen LogP contribution >= 0.6 is 50.7 Å². The van der Waals surface area contributed by atoms with Gasteiger partial charge in [-0.25, -0.2) is 0 Å². The van der Waals surface area contributed by atoms with E-state index in [2.05, 4.69) is 15.9 Å². The van der Waals surface area contributed by atoms with Crippen LogP contribution in [0.15, 0.2) is 16.6 Å². The van der Waals surface area contributed by atoms with Gasteiger partial charge < -0.3 is 9.47 Å². The first-order valence-electron chi connectivity index (χ1n) is 5.12. The molecule has 0 saturated heterocycles. The highest BCUT2D eigenvalue weighted by Crippen LogP contribution is 2.48. The molecule has 0 N–H and O–H groups in total. The second-order valence-corrected chi connectivity index (χ2v) is 8.77. The molecule has 0 fully saturated rings. The molecule has 1 aliphatic rings. The number of halogens is 4. The van der Waals surface area contributed by atoms with Crippen LogP contribution in [0.2, 0.25) is 0 Å². The normalized spacial score (nSPS) is 16.2. The molecule has 1 heterocycles. The van der Waals surface area contributed by atoms with E-state index in [9.17, 15) is 8.42 Å². The lowest BCUT2D eigenvalue weighted by Crippen LogP contribution is -2.23. The molecular formula is C10H8BrCl3O5S. The molecule has 1 aromatic rings. The molecule has 0 saturated carbocycles. The molecule has 0 aliphatic carbocycles. The first-order chi connectivity index (χ1) is 9.08. The predicted molar refractivity (Wildman–Crippen MR) is 79.2 cm³/mol. The molecule has 0 bridgehead atoms. The van der Waals surface area contributed by atoms with Crippen LogP contribution in [0.5, 0.6) is 11.5 Å². The van der Waals surface area contributed by atoms with Crippen molar-refractivity contribution >= 4 is 60.9 Å². The zero-order valence-corrected chi connectivity index (χ0v) is 14.6. The molecule has 1 aliphatic heterocycles. The summed E-state index contributed by atoms with van der Waals surface area (Å²) in [5, 5.41) is 0. The van der Waals surface area contributed by atoms with E-state index in [4.69, 9.17) is 48.5 Å².